The summed E-state index contributed by atoms with van der Waals surface area (Å²) in [5, 5.41) is 3.41. The monoisotopic (exact) mass is 551 g/mol. The number of anilines is 1. The van der Waals surface area contributed by atoms with Crippen LogP contribution in [-0.2, 0) is 26.2 Å². The maximum Gasteiger partial charge on any atom is 0.243 e. The lowest BCUT2D eigenvalue weighted by molar-refractivity contribution is -0.141. The number of sulfonamides is 1. The van der Waals surface area contributed by atoms with E-state index < -0.39 is 16.1 Å². The topological polar surface area (TPSA) is 96.0 Å². The molecule has 2 aromatic rings. The molecule has 0 saturated carbocycles. The van der Waals surface area contributed by atoms with E-state index in [1.54, 1.807) is 41.3 Å². The summed E-state index contributed by atoms with van der Waals surface area (Å²) >= 11 is 6.36. The first-order chi connectivity index (χ1) is 17.5. The van der Waals surface area contributed by atoms with E-state index in [1.165, 1.54) is 4.31 Å². The molecule has 37 heavy (non-hydrogen) atoms. The zero-order chi connectivity index (χ0) is 27.6. The first kappa shape index (κ1) is 30.4. The van der Waals surface area contributed by atoms with Crippen LogP contribution in [0.3, 0.4) is 0 Å². The molecular weight excluding hydrogens is 514 g/mol. The van der Waals surface area contributed by atoms with E-state index >= 15 is 0 Å². The molecule has 0 aliphatic rings. The molecule has 0 aromatic heterocycles. The van der Waals surface area contributed by atoms with Crippen molar-refractivity contribution in [3.63, 3.8) is 0 Å². The number of carbonyl (C=O) groups is 2. The molecule has 0 saturated heterocycles. The molecule has 0 fully saturated rings. The lowest BCUT2D eigenvalue weighted by Gasteiger charge is -2.32. The fourth-order valence-electron chi connectivity index (χ4n) is 3.99. The van der Waals surface area contributed by atoms with Gasteiger partial charge in [0.1, 0.15) is 11.8 Å². The molecule has 2 amide bonds. The summed E-state index contributed by atoms with van der Waals surface area (Å²) in [4.78, 5) is 27.9. The van der Waals surface area contributed by atoms with Gasteiger partial charge in [-0.25, -0.2) is 8.42 Å². The van der Waals surface area contributed by atoms with Crippen molar-refractivity contribution in [2.45, 2.75) is 65.6 Å². The summed E-state index contributed by atoms with van der Waals surface area (Å²) in [5.41, 5.74) is 1.23. The smallest absolute Gasteiger partial charge is 0.243 e. The van der Waals surface area contributed by atoms with Crippen LogP contribution in [-0.4, -0.2) is 56.6 Å². The second-order valence-corrected chi connectivity index (χ2v) is 11.4. The minimum atomic E-state index is -3.58. The van der Waals surface area contributed by atoms with Crippen molar-refractivity contribution in [2.24, 2.45) is 0 Å². The molecule has 2 rings (SSSR count). The number of hydrogen-bond donors (Lipinski definition) is 1. The quantitative estimate of drug-likeness (QED) is 0.370. The zero-order valence-corrected chi connectivity index (χ0v) is 23.8. The number of ether oxygens (including phenoxy) is 1. The van der Waals surface area contributed by atoms with Gasteiger partial charge in [-0.3, -0.25) is 13.9 Å². The third kappa shape index (κ3) is 9.23. The summed E-state index contributed by atoms with van der Waals surface area (Å²) in [7, 11) is -3.58. The number of hydrogen-bond acceptors (Lipinski definition) is 5. The van der Waals surface area contributed by atoms with Crippen molar-refractivity contribution in [1.82, 2.24) is 10.2 Å². The fraction of sp³-hybridized carbons (Fsp3) is 0.481. The number of halogens is 1. The van der Waals surface area contributed by atoms with Crippen LogP contribution in [0.25, 0.3) is 0 Å². The van der Waals surface area contributed by atoms with Crippen LogP contribution in [0, 0.1) is 0 Å². The number of carbonyl (C=O) groups excluding carboxylic acids is 2. The third-order valence-corrected chi connectivity index (χ3v) is 7.27. The predicted molar refractivity (Wildman–Crippen MR) is 148 cm³/mol. The van der Waals surface area contributed by atoms with Crippen molar-refractivity contribution in [3.8, 4) is 5.75 Å². The van der Waals surface area contributed by atoms with E-state index in [0.717, 1.165) is 11.8 Å². The van der Waals surface area contributed by atoms with Crippen LogP contribution in [0.2, 0.25) is 5.02 Å². The van der Waals surface area contributed by atoms with E-state index in [4.69, 9.17) is 16.3 Å². The summed E-state index contributed by atoms with van der Waals surface area (Å²) < 4.78 is 31.7. The Morgan fingerprint density at radius 2 is 1.70 bits per heavy atom. The van der Waals surface area contributed by atoms with E-state index in [2.05, 4.69) is 5.32 Å². The molecule has 0 radical (unpaired) electrons. The van der Waals surface area contributed by atoms with Crippen LogP contribution in [0.5, 0.6) is 5.75 Å². The normalized spacial score (nSPS) is 12.2. The molecule has 0 aliphatic carbocycles. The van der Waals surface area contributed by atoms with Crippen LogP contribution < -0.4 is 14.4 Å². The minimum Gasteiger partial charge on any atom is -0.494 e. The SMILES string of the molecule is CCOc1ccc(N(CCCC(=O)N(Cc2ccccc2Cl)C(CC)C(=O)NC(C)C)S(C)(=O)=O)cc1. The second-order valence-electron chi connectivity index (χ2n) is 9.07. The van der Waals surface area contributed by atoms with Crippen molar-refractivity contribution in [2.75, 3.05) is 23.7 Å². The van der Waals surface area contributed by atoms with Crippen LogP contribution >= 0.6 is 11.6 Å². The number of amides is 2. The Labute approximate surface area is 226 Å². The molecule has 1 N–H and O–H groups in total. The summed E-state index contributed by atoms with van der Waals surface area (Å²) in [5.74, 6) is 0.172. The van der Waals surface area contributed by atoms with Gasteiger partial charge in [-0.1, -0.05) is 36.7 Å². The van der Waals surface area contributed by atoms with E-state index in [-0.39, 0.29) is 43.8 Å². The minimum absolute atomic E-state index is 0.0684. The van der Waals surface area contributed by atoms with Gasteiger partial charge in [0.15, 0.2) is 0 Å². The van der Waals surface area contributed by atoms with Gasteiger partial charge in [0, 0.05) is 30.6 Å². The Bertz CT molecular complexity index is 1140. The highest BCUT2D eigenvalue weighted by Gasteiger charge is 2.29. The number of benzene rings is 2. The number of nitrogens with one attached hydrogen (secondary N) is 1. The summed E-state index contributed by atoms with van der Waals surface area (Å²) in [6.07, 6.45) is 1.91. The molecule has 2 aromatic carbocycles. The van der Waals surface area contributed by atoms with E-state index in [0.29, 0.717) is 29.5 Å². The van der Waals surface area contributed by atoms with Crippen molar-refractivity contribution < 1.29 is 22.7 Å². The lowest BCUT2D eigenvalue weighted by atomic mass is 10.1. The molecule has 0 aliphatic heterocycles. The first-order valence-corrected chi connectivity index (χ1v) is 14.7. The Morgan fingerprint density at radius 3 is 2.24 bits per heavy atom. The van der Waals surface area contributed by atoms with E-state index in [9.17, 15) is 18.0 Å². The molecule has 1 atom stereocenters. The highest BCUT2D eigenvalue weighted by molar-refractivity contribution is 7.92. The van der Waals surface area contributed by atoms with Gasteiger partial charge in [0.05, 0.1) is 18.6 Å². The molecule has 10 heteroatoms. The lowest BCUT2D eigenvalue weighted by Crippen LogP contribution is -2.50. The second kappa shape index (κ2) is 14.2. The highest BCUT2D eigenvalue weighted by atomic mass is 35.5. The van der Waals surface area contributed by atoms with Gasteiger partial charge in [-0.2, -0.15) is 0 Å². The molecule has 8 nitrogen and oxygen atoms in total. The average Bonchev–Trinajstić information content (AvgIpc) is 2.82. The van der Waals surface area contributed by atoms with Gasteiger partial charge < -0.3 is 15.0 Å². The maximum absolute atomic E-state index is 13.5. The van der Waals surface area contributed by atoms with Crippen LogP contribution in [0.15, 0.2) is 48.5 Å². The Morgan fingerprint density at radius 1 is 1.05 bits per heavy atom. The average molecular weight is 552 g/mol. The van der Waals surface area contributed by atoms with Crippen LogP contribution in [0.4, 0.5) is 5.69 Å². The Balaban J connectivity index is 2.21. The molecule has 0 spiro atoms. The van der Waals surface area contributed by atoms with Crippen LogP contribution in [0.1, 0.15) is 52.5 Å². The van der Waals surface area contributed by atoms with Gasteiger partial charge in [-0.15, -0.1) is 0 Å². The molecule has 204 valence electrons. The summed E-state index contributed by atoms with van der Waals surface area (Å²) in [6.45, 7) is 8.27. The zero-order valence-electron chi connectivity index (χ0n) is 22.2. The molecule has 0 bridgehead atoms. The summed E-state index contributed by atoms with van der Waals surface area (Å²) in [6, 6.07) is 13.3. The molecule has 1 unspecified atom stereocenters. The van der Waals surface area contributed by atoms with Crippen molar-refractivity contribution in [1.29, 1.82) is 0 Å². The van der Waals surface area contributed by atoms with Gasteiger partial charge in [0.25, 0.3) is 0 Å². The Hall–Kier alpha value is -2.78. The largest absolute Gasteiger partial charge is 0.494 e. The van der Waals surface area contributed by atoms with Gasteiger partial charge >= 0.3 is 0 Å². The first-order valence-electron chi connectivity index (χ1n) is 12.5. The fourth-order valence-corrected chi connectivity index (χ4v) is 5.15. The van der Waals surface area contributed by atoms with Gasteiger partial charge in [-0.05, 0) is 69.5 Å². The standard InChI is InChI=1S/C27H38ClN3O5S/c1-6-25(27(33)29-20(3)4)30(19-21-11-8-9-12-24(21)28)26(32)13-10-18-31(37(5,34)35)22-14-16-23(17-15-22)36-7-2/h8-9,11-12,14-17,20,25H,6-7,10,13,18-19H2,1-5H3,(H,29,33). The highest BCUT2D eigenvalue weighted by Crippen LogP contribution is 2.24. The third-order valence-electron chi connectivity index (χ3n) is 5.70. The Kier molecular flexibility index (Phi) is 11.7. The number of nitrogens with zero attached hydrogens (tertiary/aromatic N) is 2. The molecular formula is C27H38ClN3O5S. The predicted octanol–water partition coefficient (Wildman–Crippen LogP) is 4.62. The maximum atomic E-state index is 13.5. The van der Waals surface area contributed by atoms with Crippen molar-refractivity contribution in [3.05, 3.63) is 59.1 Å². The molecule has 0 heterocycles. The van der Waals surface area contributed by atoms with Gasteiger partial charge in [0.2, 0.25) is 21.8 Å². The number of rotatable bonds is 14. The van der Waals surface area contributed by atoms with E-state index in [1.807, 2.05) is 39.8 Å². The van der Waals surface area contributed by atoms with Crippen molar-refractivity contribution >= 4 is 39.1 Å².